The molecule has 1 aliphatic carbocycles. The Morgan fingerprint density at radius 2 is 1.75 bits per heavy atom. The Labute approximate surface area is 123 Å². The molecule has 0 aromatic carbocycles. The number of nitrogens with zero attached hydrogens (tertiary/aromatic N) is 1. The third-order valence-corrected chi connectivity index (χ3v) is 5.37. The highest BCUT2D eigenvalue weighted by molar-refractivity contribution is 5.73. The van der Waals surface area contributed by atoms with Gasteiger partial charge in [-0.2, -0.15) is 0 Å². The van der Waals surface area contributed by atoms with Gasteiger partial charge in [-0.1, -0.05) is 39.5 Å². The average molecular weight is 281 g/mol. The van der Waals surface area contributed by atoms with Gasteiger partial charge in [-0.15, -0.1) is 0 Å². The molecule has 1 saturated heterocycles. The lowest BCUT2D eigenvalue weighted by Crippen LogP contribution is -2.58. The molecule has 3 heteroatoms. The van der Waals surface area contributed by atoms with Gasteiger partial charge < -0.3 is 5.11 Å². The van der Waals surface area contributed by atoms with E-state index >= 15 is 0 Å². The van der Waals surface area contributed by atoms with E-state index in [1.165, 1.54) is 25.7 Å². The summed E-state index contributed by atoms with van der Waals surface area (Å²) in [6, 6.07) is 0.802. The largest absolute Gasteiger partial charge is 0.480 e. The predicted molar refractivity (Wildman–Crippen MR) is 81.8 cm³/mol. The number of carbonyl (C=O) groups is 1. The van der Waals surface area contributed by atoms with E-state index in [1.54, 1.807) is 0 Å². The first-order valence-corrected chi connectivity index (χ1v) is 8.69. The normalized spacial score (nSPS) is 31.2. The fraction of sp³-hybridized carbons (Fsp3) is 0.941. The second kappa shape index (κ2) is 7.44. The maximum Gasteiger partial charge on any atom is 0.320 e. The van der Waals surface area contributed by atoms with Crippen LogP contribution in [0.2, 0.25) is 0 Å². The monoisotopic (exact) mass is 281 g/mol. The number of hydrogen-bond donors (Lipinski definition) is 1. The maximum atomic E-state index is 11.7. The zero-order valence-corrected chi connectivity index (χ0v) is 13.2. The van der Waals surface area contributed by atoms with E-state index in [0.29, 0.717) is 12.1 Å². The van der Waals surface area contributed by atoms with Gasteiger partial charge in [0.1, 0.15) is 6.04 Å². The van der Waals surface area contributed by atoms with Gasteiger partial charge in [-0.3, -0.25) is 9.69 Å². The van der Waals surface area contributed by atoms with Gasteiger partial charge in [0, 0.05) is 12.1 Å². The Balaban J connectivity index is 2.20. The second-order valence-corrected chi connectivity index (χ2v) is 6.72. The molecule has 1 N–H and O–H groups in total. The number of carboxylic acids is 1. The zero-order valence-electron chi connectivity index (χ0n) is 13.2. The summed E-state index contributed by atoms with van der Waals surface area (Å²) in [6.07, 6.45) is 11.8. The third kappa shape index (κ3) is 3.36. The van der Waals surface area contributed by atoms with Crippen LogP contribution in [-0.4, -0.2) is 34.1 Å². The van der Waals surface area contributed by atoms with Gasteiger partial charge in [0.2, 0.25) is 0 Å². The Hall–Kier alpha value is -0.570. The molecule has 2 rings (SSSR count). The summed E-state index contributed by atoms with van der Waals surface area (Å²) in [5.74, 6) is 0.168. The quantitative estimate of drug-likeness (QED) is 0.798. The van der Waals surface area contributed by atoms with E-state index in [9.17, 15) is 9.90 Å². The van der Waals surface area contributed by atoms with Gasteiger partial charge in [-0.25, -0.2) is 0 Å². The predicted octanol–water partition coefficient (Wildman–Crippen LogP) is 4.06. The van der Waals surface area contributed by atoms with E-state index in [1.807, 2.05) is 0 Å². The molecule has 1 aliphatic heterocycles. The van der Waals surface area contributed by atoms with Crippen molar-refractivity contribution in [2.45, 2.75) is 96.2 Å². The molecule has 1 heterocycles. The lowest BCUT2D eigenvalue weighted by atomic mass is 9.75. The van der Waals surface area contributed by atoms with Crippen molar-refractivity contribution in [3.63, 3.8) is 0 Å². The molecule has 116 valence electrons. The van der Waals surface area contributed by atoms with E-state index < -0.39 is 5.97 Å². The van der Waals surface area contributed by atoms with Gasteiger partial charge in [0.15, 0.2) is 0 Å². The summed E-state index contributed by atoms with van der Waals surface area (Å²) in [5, 5.41) is 9.64. The average Bonchev–Trinajstić information content (AvgIpc) is 2.45. The Kier molecular flexibility index (Phi) is 5.88. The number of aliphatic carboxylic acids is 1. The van der Waals surface area contributed by atoms with E-state index in [2.05, 4.69) is 18.7 Å². The zero-order chi connectivity index (χ0) is 14.5. The van der Waals surface area contributed by atoms with E-state index in [4.69, 9.17) is 0 Å². The third-order valence-electron chi connectivity index (χ3n) is 5.37. The standard InChI is InChI=1S/C17H31NO2/c1-3-7-14(8-4-2)18-15-10-6-5-9-13(15)11-12-16(18)17(19)20/h13-16H,3-12H2,1-2H3,(H,19,20). The second-order valence-electron chi connectivity index (χ2n) is 6.72. The van der Waals surface area contributed by atoms with Crippen molar-refractivity contribution in [2.75, 3.05) is 0 Å². The minimum absolute atomic E-state index is 0.225. The first kappa shape index (κ1) is 15.8. The van der Waals surface area contributed by atoms with Crippen LogP contribution < -0.4 is 0 Å². The van der Waals surface area contributed by atoms with Crippen LogP contribution in [0.3, 0.4) is 0 Å². The van der Waals surface area contributed by atoms with Crippen molar-refractivity contribution < 1.29 is 9.90 Å². The van der Waals surface area contributed by atoms with Crippen LogP contribution in [0.5, 0.6) is 0 Å². The molecule has 3 atom stereocenters. The fourth-order valence-electron chi connectivity index (χ4n) is 4.55. The first-order valence-electron chi connectivity index (χ1n) is 8.69. The van der Waals surface area contributed by atoms with Crippen molar-refractivity contribution >= 4 is 5.97 Å². The summed E-state index contributed by atoms with van der Waals surface area (Å²) in [7, 11) is 0. The highest BCUT2D eigenvalue weighted by Gasteiger charge is 2.43. The van der Waals surface area contributed by atoms with Crippen LogP contribution in [-0.2, 0) is 4.79 Å². The first-order chi connectivity index (χ1) is 9.69. The molecule has 0 bridgehead atoms. The van der Waals surface area contributed by atoms with Gasteiger partial charge in [0.25, 0.3) is 0 Å². The summed E-state index contributed by atoms with van der Waals surface area (Å²) in [5.41, 5.74) is 0. The van der Waals surface area contributed by atoms with Gasteiger partial charge >= 0.3 is 5.97 Å². The number of piperidine rings is 1. The molecule has 0 aromatic heterocycles. The van der Waals surface area contributed by atoms with Crippen molar-refractivity contribution in [3.05, 3.63) is 0 Å². The number of hydrogen-bond acceptors (Lipinski definition) is 2. The molecule has 0 amide bonds. The van der Waals surface area contributed by atoms with E-state index in [-0.39, 0.29) is 6.04 Å². The number of carboxylic acid groups (broad SMARTS) is 1. The molecular weight excluding hydrogens is 250 g/mol. The molecule has 0 spiro atoms. The van der Waals surface area contributed by atoms with Crippen molar-refractivity contribution in [1.29, 1.82) is 0 Å². The molecule has 2 aliphatic rings. The molecule has 1 saturated carbocycles. The van der Waals surface area contributed by atoms with Crippen molar-refractivity contribution in [1.82, 2.24) is 4.90 Å². The van der Waals surface area contributed by atoms with Crippen LogP contribution in [0.25, 0.3) is 0 Å². The smallest absolute Gasteiger partial charge is 0.320 e. The molecular formula is C17H31NO2. The van der Waals surface area contributed by atoms with Crippen molar-refractivity contribution in [3.8, 4) is 0 Å². The minimum atomic E-state index is -0.591. The Morgan fingerprint density at radius 1 is 1.10 bits per heavy atom. The molecule has 3 nitrogen and oxygen atoms in total. The fourth-order valence-corrected chi connectivity index (χ4v) is 4.55. The highest BCUT2D eigenvalue weighted by atomic mass is 16.4. The maximum absolute atomic E-state index is 11.7. The highest BCUT2D eigenvalue weighted by Crippen LogP contribution is 2.40. The minimum Gasteiger partial charge on any atom is -0.480 e. The topological polar surface area (TPSA) is 40.5 Å². The summed E-state index contributed by atoms with van der Waals surface area (Å²) in [6.45, 7) is 4.45. The Bertz CT molecular complexity index is 312. The molecule has 20 heavy (non-hydrogen) atoms. The van der Waals surface area contributed by atoms with Crippen LogP contribution >= 0.6 is 0 Å². The van der Waals surface area contributed by atoms with E-state index in [0.717, 1.165) is 44.4 Å². The number of fused-ring (bicyclic) bond motifs is 1. The lowest BCUT2D eigenvalue weighted by Gasteiger charge is -2.50. The summed E-state index contributed by atoms with van der Waals surface area (Å²) in [4.78, 5) is 14.2. The SMILES string of the molecule is CCCC(CCC)N1C(C(=O)O)CCC2CCCCC21. The number of likely N-dealkylation sites (tertiary alicyclic amines) is 1. The summed E-state index contributed by atoms with van der Waals surface area (Å²) >= 11 is 0. The summed E-state index contributed by atoms with van der Waals surface area (Å²) < 4.78 is 0. The molecule has 0 aromatic rings. The molecule has 2 fully saturated rings. The van der Waals surface area contributed by atoms with Crippen LogP contribution in [0.1, 0.15) is 78.1 Å². The number of rotatable bonds is 6. The Morgan fingerprint density at radius 3 is 2.35 bits per heavy atom. The van der Waals surface area contributed by atoms with Crippen LogP contribution in [0.4, 0.5) is 0 Å². The van der Waals surface area contributed by atoms with Crippen LogP contribution in [0, 0.1) is 5.92 Å². The molecule has 3 unspecified atom stereocenters. The van der Waals surface area contributed by atoms with Crippen LogP contribution in [0.15, 0.2) is 0 Å². The van der Waals surface area contributed by atoms with Gasteiger partial charge in [-0.05, 0) is 44.4 Å². The molecule has 0 radical (unpaired) electrons. The van der Waals surface area contributed by atoms with Gasteiger partial charge in [0.05, 0.1) is 0 Å². The van der Waals surface area contributed by atoms with Crippen molar-refractivity contribution in [2.24, 2.45) is 5.92 Å². The lowest BCUT2D eigenvalue weighted by molar-refractivity contribution is -0.150.